The Morgan fingerprint density at radius 1 is 1.23 bits per heavy atom. The molecular weight excluding hydrogens is 395 g/mol. The standard InChI is InChI=1S/C24H29FN4O2/c1-23(2,3)28-22-24(26-14-17-7-5-6-8-19(17)27-22)11-12-29(15-24)21(30)16-9-10-20(31-4)18(25)13-16/h5-10,13,26H,11-12,14-15H2,1-4H3,(H,27,28). The van der Waals surface area contributed by atoms with Gasteiger partial charge in [-0.05, 0) is 57.0 Å². The number of para-hydroxylation sites is 1. The highest BCUT2D eigenvalue weighted by Crippen LogP contribution is 2.32. The zero-order valence-corrected chi connectivity index (χ0v) is 18.5. The number of aliphatic imine (C=N–C) groups is 1. The predicted octanol–water partition coefficient (Wildman–Crippen LogP) is 3.83. The summed E-state index contributed by atoms with van der Waals surface area (Å²) < 4.78 is 19.1. The molecule has 1 unspecified atom stereocenters. The molecular formula is C24H29FN4O2. The molecule has 7 heteroatoms. The van der Waals surface area contributed by atoms with Gasteiger partial charge in [-0.1, -0.05) is 18.2 Å². The third kappa shape index (κ3) is 4.28. The number of likely N-dealkylation sites (tertiary alicyclic amines) is 1. The van der Waals surface area contributed by atoms with Gasteiger partial charge in [0, 0.05) is 30.9 Å². The summed E-state index contributed by atoms with van der Waals surface area (Å²) in [4.78, 5) is 19.9. The molecule has 0 aromatic heterocycles. The summed E-state index contributed by atoms with van der Waals surface area (Å²) in [6.45, 7) is 7.86. The Kier molecular flexibility index (Phi) is 5.47. The molecule has 1 fully saturated rings. The van der Waals surface area contributed by atoms with Crippen LogP contribution in [-0.2, 0) is 6.54 Å². The molecule has 1 saturated heterocycles. The van der Waals surface area contributed by atoms with Crippen LogP contribution in [0.1, 0.15) is 43.1 Å². The minimum absolute atomic E-state index is 0.126. The van der Waals surface area contributed by atoms with E-state index in [9.17, 15) is 9.18 Å². The quantitative estimate of drug-likeness (QED) is 0.769. The first-order valence-electron chi connectivity index (χ1n) is 10.5. The number of amidine groups is 1. The molecule has 2 aliphatic rings. The lowest BCUT2D eigenvalue weighted by molar-refractivity contribution is 0.0785. The SMILES string of the molecule is COc1ccc(C(=O)N2CCC3(C2)NCc2ccccc2NC3=NC(C)(C)C)cc1F. The van der Waals surface area contributed by atoms with Crippen LogP contribution in [0.25, 0.3) is 0 Å². The van der Waals surface area contributed by atoms with Crippen molar-refractivity contribution in [2.75, 3.05) is 25.5 Å². The van der Waals surface area contributed by atoms with Crippen molar-refractivity contribution in [3.05, 3.63) is 59.4 Å². The van der Waals surface area contributed by atoms with E-state index in [0.717, 1.165) is 17.1 Å². The van der Waals surface area contributed by atoms with E-state index in [1.54, 1.807) is 11.0 Å². The molecule has 1 atom stereocenters. The van der Waals surface area contributed by atoms with Crippen LogP contribution in [0, 0.1) is 5.82 Å². The minimum atomic E-state index is -0.540. The highest BCUT2D eigenvalue weighted by atomic mass is 19.1. The van der Waals surface area contributed by atoms with Crippen LogP contribution in [0.4, 0.5) is 10.1 Å². The molecule has 2 aromatic carbocycles. The van der Waals surface area contributed by atoms with Gasteiger partial charge in [0.15, 0.2) is 11.6 Å². The number of rotatable bonds is 2. The number of hydrogen-bond donors (Lipinski definition) is 2. The molecule has 31 heavy (non-hydrogen) atoms. The molecule has 0 saturated carbocycles. The zero-order valence-electron chi connectivity index (χ0n) is 18.5. The molecule has 164 valence electrons. The van der Waals surface area contributed by atoms with Crippen LogP contribution in [0.5, 0.6) is 5.75 Å². The number of halogens is 1. The molecule has 0 aliphatic carbocycles. The van der Waals surface area contributed by atoms with Crippen LogP contribution in [0.2, 0.25) is 0 Å². The van der Waals surface area contributed by atoms with Crippen LogP contribution in [-0.4, -0.2) is 47.9 Å². The van der Waals surface area contributed by atoms with Crippen molar-refractivity contribution in [2.24, 2.45) is 4.99 Å². The predicted molar refractivity (Wildman–Crippen MR) is 120 cm³/mol. The Bertz CT molecular complexity index is 1030. The molecule has 1 spiro atoms. The summed E-state index contributed by atoms with van der Waals surface area (Å²) in [6, 6.07) is 12.5. The molecule has 0 radical (unpaired) electrons. The van der Waals surface area contributed by atoms with E-state index in [0.29, 0.717) is 31.6 Å². The maximum Gasteiger partial charge on any atom is 0.254 e. The number of anilines is 1. The van der Waals surface area contributed by atoms with Gasteiger partial charge < -0.3 is 15.0 Å². The Hall–Kier alpha value is -2.93. The van der Waals surface area contributed by atoms with Gasteiger partial charge >= 0.3 is 0 Å². The van der Waals surface area contributed by atoms with Crippen LogP contribution in [0.15, 0.2) is 47.5 Å². The van der Waals surface area contributed by atoms with Crippen molar-refractivity contribution >= 4 is 17.4 Å². The average Bonchev–Trinajstić information content (AvgIpc) is 3.10. The van der Waals surface area contributed by atoms with Gasteiger partial charge in [0.2, 0.25) is 0 Å². The van der Waals surface area contributed by atoms with E-state index in [-0.39, 0.29) is 17.2 Å². The van der Waals surface area contributed by atoms with E-state index in [1.165, 1.54) is 19.2 Å². The van der Waals surface area contributed by atoms with Crippen LogP contribution in [0.3, 0.4) is 0 Å². The van der Waals surface area contributed by atoms with Gasteiger partial charge in [-0.15, -0.1) is 0 Å². The molecule has 2 heterocycles. The highest BCUT2D eigenvalue weighted by Gasteiger charge is 2.46. The van der Waals surface area contributed by atoms with E-state index in [4.69, 9.17) is 9.73 Å². The number of hydrogen-bond acceptors (Lipinski definition) is 4. The number of nitrogens with one attached hydrogen (secondary N) is 2. The van der Waals surface area contributed by atoms with Crippen LogP contribution < -0.4 is 15.4 Å². The number of carbonyl (C=O) groups is 1. The third-order valence-corrected chi connectivity index (χ3v) is 5.74. The van der Waals surface area contributed by atoms with Crippen molar-refractivity contribution in [3.8, 4) is 5.75 Å². The summed E-state index contributed by atoms with van der Waals surface area (Å²) in [5.74, 6) is 0.224. The summed E-state index contributed by atoms with van der Waals surface area (Å²) in [6.07, 6.45) is 0.716. The van der Waals surface area contributed by atoms with Gasteiger partial charge in [-0.25, -0.2) is 4.39 Å². The molecule has 2 aliphatic heterocycles. The summed E-state index contributed by atoms with van der Waals surface area (Å²) in [5, 5.41) is 7.22. The third-order valence-electron chi connectivity index (χ3n) is 5.74. The van der Waals surface area contributed by atoms with E-state index in [1.807, 2.05) is 18.2 Å². The van der Waals surface area contributed by atoms with Crippen LogP contribution >= 0.6 is 0 Å². The van der Waals surface area contributed by atoms with E-state index in [2.05, 4.69) is 37.5 Å². The van der Waals surface area contributed by atoms with Gasteiger partial charge in [-0.2, -0.15) is 0 Å². The van der Waals surface area contributed by atoms with E-state index >= 15 is 0 Å². The molecule has 4 rings (SSSR count). The second kappa shape index (κ2) is 7.96. The number of fused-ring (bicyclic) bond motifs is 1. The summed E-state index contributed by atoms with van der Waals surface area (Å²) >= 11 is 0. The molecule has 0 bridgehead atoms. The van der Waals surface area contributed by atoms with Gasteiger partial charge in [0.1, 0.15) is 5.84 Å². The number of carbonyl (C=O) groups excluding carboxylic acids is 1. The lowest BCUT2D eigenvalue weighted by Gasteiger charge is -2.32. The Morgan fingerprint density at radius 3 is 2.71 bits per heavy atom. The lowest BCUT2D eigenvalue weighted by atomic mass is 9.95. The molecule has 2 N–H and O–H groups in total. The summed E-state index contributed by atoms with van der Waals surface area (Å²) in [7, 11) is 1.41. The van der Waals surface area contributed by atoms with Gasteiger partial charge in [0.05, 0.1) is 18.2 Å². The number of methoxy groups -OCH3 is 1. The topological polar surface area (TPSA) is 66.0 Å². The Labute approximate surface area is 182 Å². The maximum atomic E-state index is 14.2. The second-order valence-corrected chi connectivity index (χ2v) is 9.18. The fourth-order valence-corrected chi connectivity index (χ4v) is 4.16. The number of amides is 1. The number of ether oxygens (including phenoxy) is 1. The van der Waals surface area contributed by atoms with Crippen molar-refractivity contribution < 1.29 is 13.9 Å². The van der Waals surface area contributed by atoms with Gasteiger partial charge in [-0.3, -0.25) is 15.1 Å². The lowest BCUT2D eigenvalue weighted by Crippen LogP contribution is -2.56. The fourth-order valence-electron chi connectivity index (χ4n) is 4.16. The average molecular weight is 425 g/mol. The highest BCUT2D eigenvalue weighted by molar-refractivity contribution is 6.05. The second-order valence-electron chi connectivity index (χ2n) is 9.18. The van der Waals surface area contributed by atoms with Crippen molar-refractivity contribution in [1.82, 2.24) is 10.2 Å². The summed E-state index contributed by atoms with van der Waals surface area (Å²) in [5.41, 5.74) is 1.72. The molecule has 1 amide bonds. The largest absolute Gasteiger partial charge is 0.494 e. The number of benzene rings is 2. The smallest absolute Gasteiger partial charge is 0.254 e. The first-order valence-corrected chi connectivity index (χ1v) is 10.5. The minimum Gasteiger partial charge on any atom is -0.494 e. The van der Waals surface area contributed by atoms with Crippen molar-refractivity contribution in [3.63, 3.8) is 0 Å². The fraction of sp³-hybridized carbons (Fsp3) is 0.417. The van der Waals surface area contributed by atoms with Crippen molar-refractivity contribution in [1.29, 1.82) is 0 Å². The monoisotopic (exact) mass is 424 g/mol. The molecule has 2 aromatic rings. The number of nitrogens with zero attached hydrogens (tertiary/aromatic N) is 2. The molecule has 6 nitrogen and oxygen atoms in total. The van der Waals surface area contributed by atoms with Gasteiger partial charge in [0.25, 0.3) is 5.91 Å². The van der Waals surface area contributed by atoms with Crippen molar-refractivity contribution in [2.45, 2.75) is 44.8 Å². The van der Waals surface area contributed by atoms with E-state index < -0.39 is 11.4 Å². The maximum absolute atomic E-state index is 14.2. The first kappa shape index (κ1) is 21.3. The zero-order chi connectivity index (χ0) is 22.2. The normalized spacial score (nSPS) is 22.2. The Balaban J connectivity index is 1.64. The first-order chi connectivity index (χ1) is 14.7. The Morgan fingerprint density at radius 2 is 2.00 bits per heavy atom.